The maximum atomic E-state index is 12.5. The summed E-state index contributed by atoms with van der Waals surface area (Å²) >= 11 is 1.65. The molecular weight excluding hydrogens is 482 g/mol. The number of methoxy groups -OCH3 is 1. The number of esters is 1. The Labute approximate surface area is 229 Å². The molecule has 2 aromatic rings. The van der Waals surface area contributed by atoms with Crippen LogP contribution in [0.4, 0.5) is 0 Å². The zero-order valence-electron chi connectivity index (χ0n) is 23.3. The third-order valence-corrected chi connectivity index (χ3v) is 7.41. The van der Waals surface area contributed by atoms with Gasteiger partial charge in [-0.1, -0.05) is 114 Å². The second-order valence-electron chi connectivity index (χ2n) is 10.0. The smallest absolute Gasteiger partial charge is 0.338 e. The van der Waals surface area contributed by atoms with Crippen LogP contribution in [0.3, 0.4) is 0 Å². The van der Waals surface area contributed by atoms with Crippen molar-refractivity contribution >= 4 is 17.3 Å². The molecule has 6 heteroatoms. The van der Waals surface area contributed by atoms with Gasteiger partial charge < -0.3 is 14.2 Å². The van der Waals surface area contributed by atoms with E-state index in [1.54, 1.807) is 24.5 Å². The van der Waals surface area contributed by atoms with Gasteiger partial charge in [-0.15, -0.1) is 0 Å². The third kappa shape index (κ3) is 15.3. The Kier molecular flexibility index (Phi) is 18.0. The van der Waals surface area contributed by atoms with Crippen LogP contribution in [0.15, 0.2) is 41.4 Å². The Morgan fingerprint density at radius 2 is 1.54 bits per heavy atom. The molecule has 5 nitrogen and oxygen atoms in total. The first-order valence-electron chi connectivity index (χ1n) is 14.5. The van der Waals surface area contributed by atoms with Crippen molar-refractivity contribution in [2.45, 2.75) is 109 Å². The molecule has 1 aromatic heterocycles. The standard InChI is InChI=1S/C31H50NO4S/c1-3-4-5-6-7-8-9-10-11-12-13-14-15-16-21-35-25-30(34-2)26-36-31(33)29-19-17-18-28(23-29)24-32-20-22-37-27-32/h17-20,22-23,27,30H,3-16,21,24-26H2,1-2H3/q+1. The third-order valence-electron chi connectivity index (χ3n) is 6.73. The first-order chi connectivity index (χ1) is 18.2. The minimum absolute atomic E-state index is 0.192. The highest BCUT2D eigenvalue weighted by Crippen LogP contribution is 2.13. The summed E-state index contributed by atoms with van der Waals surface area (Å²) in [5.74, 6) is -0.328. The van der Waals surface area contributed by atoms with E-state index in [1.807, 2.05) is 35.3 Å². The van der Waals surface area contributed by atoms with E-state index in [4.69, 9.17) is 14.2 Å². The van der Waals surface area contributed by atoms with Crippen LogP contribution in [0.25, 0.3) is 0 Å². The number of ether oxygens (including phenoxy) is 3. The SMILES string of the molecule is CCCCCCCCCCCCCCCCOCC(COC(=O)c1cccc(C[n+]2ccsc2)c1)OC. The van der Waals surface area contributed by atoms with E-state index in [2.05, 4.69) is 11.5 Å². The summed E-state index contributed by atoms with van der Waals surface area (Å²) in [5.41, 5.74) is 3.68. The fourth-order valence-corrected chi connectivity index (χ4v) is 5.01. The number of thiazole rings is 1. The van der Waals surface area contributed by atoms with Crippen molar-refractivity contribution in [3.8, 4) is 0 Å². The molecule has 0 saturated carbocycles. The Balaban J connectivity index is 1.45. The molecule has 0 saturated heterocycles. The maximum absolute atomic E-state index is 12.5. The molecule has 0 N–H and O–H groups in total. The fraction of sp³-hybridized carbons (Fsp3) is 0.677. The minimum Gasteiger partial charge on any atom is -0.459 e. The number of nitrogens with zero attached hydrogens (tertiary/aromatic N) is 1. The van der Waals surface area contributed by atoms with Crippen LogP contribution in [0.2, 0.25) is 0 Å². The Bertz CT molecular complexity index is 811. The van der Waals surface area contributed by atoms with Gasteiger partial charge in [-0.2, -0.15) is 4.57 Å². The highest BCUT2D eigenvalue weighted by Gasteiger charge is 2.14. The van der Waals surface area contributed by atoms with Gasteiger partial charge in [-0.25, -0.2) is 4.79 Å². The summed E-state index contributed by atoms with van der Waals surface area (Å²) in [6, 6.07) is 7.59. The lowest BCUT2D eigenvalue weighted by molar-refractivity contribution is -0.683. The van der Waals surface area contributed by atoms with E-state index in [9.17, 15) is 4.79 Å². The minimum atomic E-state index is -0.328. The van der Waals surface area contributed by atoms with Crippen molar-refractivity contribution in [1.29, 1.82) is 0 Å². The predicted molar refractivity (Wildman–Crippen MR) is 152 cm³/mol. The van der Waals surface area contributed by atoms with E-state index < -0.39 is 0 Å². The molecule has 0 aliphatic rings. The van der Waals surface area contributed by atoms with Gasteiger partial charge in [-0.05, 0) is 18.6 Å². The average Bonchev–Trinajstić information content (AvgIpc) is 3.43. The highest BCUT2D eigenvalue weighted by molar-refractivity contribution is 7.07. The lowest BCUT2D eigenvalue weighted by Gasteiger charge is -2.16. The monoisotopic (exact) mass is 532 g/mol. The summed E-state index contributed by atoms with van der Waals surface area (Å²) in [5, 5.41) is 2.03. The van der Waals surface area contributed by atoms with Gasteiger partial charge in [0, 0.05) is 19.3 Å². The second-order valence-corrected chi connectivity index (χ2v) is 10.8. The van der Waals surface area contributed by atoms with Gasteiger partial charge in [-0.3, -0.25) is 0 Å². The van der Waals surface area contributed by atoms with Crippen molar-refractivity contribution in [2.24, 2.45) is 0 Å². The average molecular weight is 533 g/mol. The molecule has 1 unspecified atom stereocenters. The number of carbonyl (C=O) groups is 1. The zero-order valence-corrected chi connectivity index (χ0v) is 24.2. The molecule has 0 aliphatic carbocycles. The van der Waals surface area contributed by atoms with Gasteiger partial charge in [0.25, 0.3) is 0 Å². The first-order valence-corrected chi connectivity index (χ1v) is 15.4. The first kappa shape index (κ1) is 31.5. The molecule has 0 spiro atoms. The van der Waals surface area contributed by atoms with Gasteiger partial charge in [0.05, 0.1) is 17.6 Å². The molecule has 0 radical (unpaired) electrons. The summed E-state index contributed by atoms with van der Waals surface area (Å²) in [4.78, 5) is 12.5. The number of benzene rings is 1. The molecule has 0 bridgehead atoms. The van der Waals surface area contributed by atoms with Crippen molar-refractivity contribution < 1.29 is 23.6 Å². The Morgan fingerprint density at radius 3 is 2.14 bits per heavy atom. The van der Waals surface area contributed by atoms with Crippen LogP contribution in [0.1, 0.15) is 113 Å². The number of hydrogen-bond donors (Lipinski definition) is 0. The van der Waals surface area contributed by atoms with E-state index >= 15 is 0 Å². The number of rotatable bonds is 23. The molecule has 208 valence electrons. The van der Waals surface area contributed by atoms with Crippen LogP contribution in [0, 0.1) is 0 Å². The normalized spacial score (nSPS) is 12.1. The van der Waals surface area contributed by atoms with Crippen molar-refractivity contribution in [1.82, 2.24) is 0 Å². The van der Waals surface area contributed by atoms with Crippen LogP contribution < -0.4 is 4.57 Å². The molecule has 2 rings (SSSR count). The lowest BCUT2D eigenvalue weighted by Crippen LogP contribution is -2.30. The van der Waals surface area contributed by atoms with E-state index in [0.717, 1.165) is 25.1 Å². The molecule has 1 aromatic carbocycles. The Morgan fingerprint density at radius 1 is 0.892 bits per heavy atom. The lowest BCUT2D eigenvalue weighted by atomic mass is 10.0. The molecule has 0 aliphatic heterocycles. The number of aromatic nitrogens is 1. The van der Waals surface area contributed by atoms with Gasteiger partial charge in [0.15, 0.2) is 12.7 Å². The van der Waals surface area contributed by atoms with Crippen LogP contribution in [0.5, 0.6) is 0 Å². The van der Waals surface area contributed by atoms with Gasteiger partial charge >= 0.3 is 5.97 Å². The molecular formula is C31H50NO4S+. The molecule has 1 atom stereocenters. The zero-order chi connectivity index (χ0) is 26.4. The van der Waals surface area contributed by atoms with Crippen LogP contribution in [-0.2, 0) is 20.8 Å². The van der Waals surface area contributed by atoms with E-state index in [0.29, 0.717) is 12.2 Å². The molecule has 0 amide bonds. The van der Waals surface area contributed by atoms with Crippen LogP contribution >= 0.6 is 11.3 Å². The predicted octanol–water partition coefficient (Wildman–Crippen LogP) is 7.75. The van der Waals surface area contributed by atoms with Crippen molar-refractivity contribution in [2.75, 3.05) is 26.9 Å². The van der Waals surface area contributed by atoms with Gasteiger partial charge in [0.1, 0.15) is 12.7 Å². The fourth-order valence-electron chi connectivity index (χ4n) is 4.41. The van der Waals surface area contributed by atoms with Crippen LogP contribution in [-0.4, -0.2) is 39.0 Å². The number of hydrogen-bond acceptors (Lipinski definition) is 5. The quantitative estimate of drug-likeness (QED) is 0.0834. The summed E-state index contributed by atoms with van der Waals surface area (Å²) in [6.45, 7) is 4.38. The molecule has 1 heterocycles. The number of carbonyl (C=O) groups excluding carboxylic acids is 1. The van der Waals surface area contributed by atoms with Crippen molar-refractivity contribution in [3.05, 3.63) is 52.5 Å². The molecule has 37 heavy (non-hydrogen) atoms. The summed E-state index contributed by atoms with van der Waals surface area (Å²) in [6.07, 6.45) is 20.7. The molecule has 0 fully saturated rings. The van der Waals surface area contributed by atoms with Crippen molar-refractivity contribution in [3.63, 3.8) is 0 Å². The van der Waals surface area contributed by atoms with Gasteiger partial charge in [0.2, 0.25) is 5.51 Å². The largest absolute Gasteiger partial charge is 0.459 e. The summed E-state index contributed by atoms with van der Waals surface area (Å²) in [7, 11) is 1.63. The second kappa shape index (κ2) is 21.2. The Hall–Kier alpha value is -1.76. The summed E-state index contributed by atoms with van der Waals surface area (Å²) < 4.78 is 18.8. The van der Waals surface area contributed by atoms with E-state index in [1.165, 1.54) is 83.5 Å². The number of unbranched alkanes of at least 4 members (excludes halogenated alkanes) is 13. The topological polar surface area (TPSA) is 48.6 Å². The van der Waals surface area contributed by atoms with E-state index in [-0.39, 0.29) is 18.7 Å². The maximum Gasteiger partial charge on any atom is 0.338 e. The highest BCUT2D eigenvalue weighted by atomic mass is 32.1.